The van der Waals surface area contributed by atoms with E-state index in [1.54, 1.807) is 13.8 Å². The van der Waals surface area contributed by atoms with Crippen LogP contribution in [0.2, 0.25) is 0 Å². The first-order valence-electron chi connectivity index (χ1n) is 23.0. The van der Waals surface area contributed by atoms with Crippen molar-refractivity contribution in [3.63, 3.8) is 0 Å². The fourth-order valence-electron chi connectivity index (χ4n) is 13.8. The maximum atomic E-state index is 15.1. The molecule has 0 aromatic heterocycles. The average molecular weight is 806 g/mol. The van der Waals surface area contributed by atoms with Gasteiger partial charge >= 0.3 is 0 Å². The summed E-state index contributed by atoms with van der Waals surface area (Å²) in [7, 11) is 0. The Kier molecular flexibility index (Phi) is 14.4. The Morgan fingerprint density at radius 3 is 2.47 bits per heavy atom. The van der Waals surface area contributed by atoms with Crippen LogP contribution in [0.3, 0.4) is 0 Å². The first-order valence-corrected chi connectivity index (χ1v) is 23.0. The van der Waals surface area contributed by atoms with E-state index < -0.39 is 70.3 Å². The van der Waals surface area contributed by atoms with Crippen LogP contribution < -0.4 is 11.1 Å². The summed E-state index contributed by atoms with van der Waals surface area (Å²) in [5.74, 6) is -1.66. The normalized spacial score (nSPS) is 46.3. The second-order valence-electron chi connectivity index (χ2n) is 20.4. The van der Waals surface area contributed by atoms with E-state index in [0.29, 0.717) is 51.0 Å². The second kappa shape index (κ2) is 18.1. The van der Waals surface area contributed by atoms with E-state index in [1.807, 2.05) is 6.92 Å². The van der Waals surface area contributed by atoms with Gasteiger partial charge in [-0.25, -0.2) is 0 Å². The van der Waals surface area contributed by atoms with Crippen LogP contribution in [0.4, 0.5) is 0 Å². The minimum Gasteiger partial charge on any atom is -0.396 e. The van der Waals surface area contributed by atoms with Crippen molar-refractivity contribution >= 4 is 11.5 Å². The van der Waals surface area contributed by atoms with Gasteiger partial charge in [0.1, 0.15) is 6.10 Å². The first kappa shape index (κ1) is 45.5. The van der Waals surface area contributed by atoms with E-state index in [0.717, 1.165) is 38.5 Å². The number of aliphatic imine (C=N–C) groups is 1. The van der Waals surface area contributed by atoms with Gasteiger partial charge in [-0.3, -0.25) is 15.1 Å². The van der Waals surface area contributed by atoms with Gasteiger partial charge in [-0.05, 0) is 132 Å². The highest BCUT2D eigenvalue weighted by atomic mass is 16.5. The predicted octanol–water partition coefficient (Wildman–Crippen LogP) is 3.62. The number of unbranched alkanes of at least 4 members (excludes halogenated alkanes) is 3. The van der Waals surface area contributed by atoms with Gasteiger partial charge in [-0.15, -0.1) is 0 Å². The Bertz CT molecular complexity index is 1400. The fraction of sp³-hybridized carbons (Fsp3) is 0.956. The lowest BCUT2D eigenvalue weighted by atomic mass is 9.40. The van der Waals surface area contributed by atoms with Crippen LogP contribution in [0.1, 0.15) is 144 Å². The van der Waals surface area contributed by atoms with Crippen molar-refractivity contribution in [1.82, 2.24) is 5.32 Å². The number of rotatable bonds is 16. The molecule has 6 rings (SSSR count). The molecule has 2 aliphatic heterocycles. The molecule has 57 heavy (non-hydrogen) atoms. The number of nitrogens with one attached hydrogen (secondary N) is 1. The molecule has 12 nitrogen and oxygen atoms in total. The molecule has 4 aliphatic carbocycles. The van der Waals surface area contributed by atoms with E-state index >= 15 is 4.79 Å². The molecule has 4 saturated carbocycles. The molecule has 0 aromatic carbocycles. The third-order valence-electron chi connectivity index (χ3n) is 17.1. The standard InChI is InChI=1S/C45H79N3O9/c1-6-7-8-9-11-29-25-57-40(27(29)3)41(54)43(5,55)35-17-20-45(56)37-30(16-18-42(35,45)4)44(19-15-28-13-14-36(46)48-32(28)12-10-21-49)23-34(52)33(51)22-31(44)39(53)38(37)47-24-26(2)50/h26-37,40-41,48-52,54-56H,6-25,46H2,1-5H3. The molecule has 18 atom stereocenters. The number of aliphatic hydroxyl groups excluding tert-OH is 5. The van der Waals surface area contributed by atoms with Crippen molar-refractivity contribution in [2.75, 3.05) is 19.8 Å². The fourth-order valence-corrected chi connectivity index (χ4v) is 13.8. The van der Waals surface area contributed by atoms with Crippen molar-refractivity contribution in [2.24, 2.45) is 63.0 Å². The van der Waals surface area contributed by atoms with Crippen molar-refractivity contribution < 1.29 is 45.3 Å². The Hall–Kier alpha value is -1.06. The number of aliphatic hydroxyl groups is 7. The Morgan fingerprint density at radius 1 is 1.02 bits per heavy atom. The Morgan fingerprint density at radius 2 is 1.77 bits per heavy atom. The molecule has 328 valence electrons. The molecular formula is C45H79N3O9. The molecular weight excluding hydrogens is 727 g/mol. The minimum absolute atomic E-state index is 0.00109. The molecule has 0 spiro atoms. The summed E-state index contributed by atoms with van der Waals surface area (Å²) in [6.45, 7) is 10.3. The van der Waals surface area contributed by atoms with E-state index in [9.17, 15) is 35.7 Å². The maximum Gasteiger partial charge on any atom is 0.180 e. The lowest BCUT2D eigenvalue weighted by molar-refractivity contribution is -0.224. The highest BCUT2D eigenvalue weighted by molar-refractivity contribution is 6.42. The highest BCUT2D eigenvalue weighted by Crippen LogP contribution is 2.70. The molecule has 2 saturated heterocycles. The van der Waals surface area contributed by atoms with Crippen molar-refractivity contribution in [1.29, 1.82) is 0 Å². The largest absolute Gasteiger partial charge is 0.396 e. The summed E-state index contributed by atoms with van der Waals surface area (Å²) in [5.41, 5.74) is 1.93. The van der Waals surface area contributed by atoms with Crippen LogP contribution in [-0.2, 0) is 9.53 Å². The van der Waals surface area contributed by atoms with E-state index in [4.69, 9.17) is 15.5 Å². The number of hydrogen-bond acceptors (Lipinski definition) is 12. The van der Waals surface area contributed by atoms with Gasteiger partial charge < -0.3 is 46.2 Å². The molecule has 6 fully saturated rings. The monoisotopic (exact) mass is 806 g/mol. The molecule has 0 aromatic rings. The number of carbonyl (C=O) groups excluding carboxylic acids is 1. The zero-order valence-electron chi connectivity index (χ0n) is 35.7. The van der Waals surface area contributed by atoms with Gasteiger partial charge in [0.2, 0.25) is 0 Å². The number of hydrogen-bond donors (Lipinski definition) is 9. The molecule has 10 N–H and O–H groups in total. The summed E-state index contributed by atoms with van der Waals surface area (Å²) < 4.78 is 6.28. The van der Waals surface area contributed by atoms with E-state index in [1.165, 1.54) is 19.3 Å². The summed E-state index contributed by atoms with van der Waals surface area (Å²) in [4.78, 5) is 19.9. The summed E-state index contributed by atoms with van der Waals surface area (Å²) in [5, 5.41) is 84.3. The van der Waals surface area contributed by atoms with Crippen molar-refractivity contribution in [3.8, 4) is 0 Å². The van der Waals surface area contributed by atoms with Crippen LogP contribution in [0.25, 0.3) is 0 Å². The average Bonchev–Trinajstić information content (AvgIpc) is 3.67. The number of fused-ring (bicyclic) bond motifs is 5. The summed E-state index contributed by atoms with van der Waals surface area (Å²) >= 11 is 0. The van der Waals surface area contributed by atoms with Gasteiger partial charge in [-0.1, -0.05) is 46.5 Å². The second-order valence-corrected chi connectivity index (χ2v) is 20.4. The van der Waals surface area contributed by atoms with E-state index in [-0.39, 0.29) is 67.4 Å². The predicted molar refractivity (Wildman–Crippen MR) is 219 cm³/mol. The van der Waals surface area contributed by atoms with Gasteiger partial charge in [0.15, 0.2) is 5.78 Å². The van der Waals surface area contributed by atoms with Gasteiger partial charge in [0.05, 0.1) is 60.6 Å². The lowest BCUT2D eigenvalue weighted by Crippen LogP contribution is -2.70. The zero-order valence-corrected chi connectivity index (χ0v) is 35.7. The molecule has 0 bridgehead atoms. The number of ether oxygens (including phenoxy) is 1. The van der Waals surface area contributed by atoms with Crippen LogP contribution in [-0.4, -0.2) is 121 Å². The van der Waals surface area contributed by atoms with Crippen molar-refractivity contribution in [3.05, 3.63) is 0 Å². The summed E-state index contributed by atoms with van der Waals surface area (Å²) in [6, 6.07) is 0.110. The quantitative estimate of drug-likeness (QED) is 0.103. The lowest BCUT2D eigenvalue weighted by Gasteiger charge is -2.65. The number of nitrogens with two attached hydrogens (primary N) is 1. The first-order chi connectivity index (χ1) is 27.0. The van der Waals surface area contributed by atoms with Crippen LogP contribution in [0, 0.1) is 52.3 Å². The third kappa shape index (κ3) is 8.33. The van der Waals surface area contributed by atoms with Crippen LogP contribution in [0.5, 0.6) is 0 Å². The minimum atomic E-state index is -1.60. The van der Waals surface area contributed by atoms with Crippen LogP contribution >= 0.6 is 0 Å². The SMILES string of the molecule is CCCCCCC1COC(C(O)C(C)(O)C2CCC3(O)C4C(=NCC(C)O)C(=O)C5CC(O)C(O)CC5(CCC5CCC(N)NC5CCCO)C4CCC23C)C1C. The van der Waals surface area contributed by atoms with Gasteiger partial charge in [0.25, 0.3) is 0 Å². The number of piperidine rings is 1. The van der Waals surface area contributed by atoms with E-state index in [2.05, 4.69) is 19.2 Å². The highest BCUT2D eigenvalue weighted by Gasteiger charge is 2.74. The summed E-state index contributed by atoms with van der Waals surface area (Å²) in [6.07, 6.45) is 7.78. The number of carbonyl (C=O) groups is 1. The van der Waals surface area contributed by atoms with Crippen LogP contribution in [0.15, 0.2) is 4.99 Å². The molecule has 2 heterocycles. The topological polar surface area (TPSA) is 218 Å². The molecule has 6 aliphatic rings. The molecule has 0 radical (unpaired) electrons. The molecule has 12 heteroatoms. The maximum absolute atomic E-state index is 15.1. The van der Waals surface area contributed by atoms with Gasteiger partial charge in [0, 0.05) is 29.9 Å². The number of Topliss-reactive ketones (excluding diaryl/α,β-unsaturated/α-hetero) is 1. The smallest absolute Gasteiger partial charge is 0.180 e. The molecule has 18 unspecified atom stereocenters. The Balaban J connectivity index is 1.33. The van der Waals surface area contributed by atoms with Crippen molar-refractivity contribution in [2.45, 2.75) is 198 Å². The number of ketones is 1. The Labute approximate surface area is 341 Å². The number of nitrogens with zero attached hydrogens (tertiary/aromatic N) is 1. The zero-order chi connectivity index (χ0) is 41.5. The third-order valence-corrected chi connectivity index (χ3v) is 17.1. The molecule has 0 amide bonds. The van der Waals surface area contributed by atoms with Gasteiger partial charge in [-0.2, -0.15) is 0 Å².